The van der Waals surface area contributed by atoms with Crippen molar-refractivity contribution in [3.8, 4) is 11.6 Å². The second-order valence-corrected chi connectivity index (χ2v) is 15.8. The summed E-state index contributed by atoms with van der Waals surface area (Å²) >= 11 is 6.96. The lowest BCUT2D eigenvalue weighted by atomic mass is 9.71. The molecule has 8 heteroatoms. The molecule has 3 fully saturated rings. The Bertz CT molecular complexity index is 1370. The quantitative estimate of drug-likeness (QED) is 0.247. The predicted octanol–water partition coefficient (Wildman–Crippen LogP) is 8.48. The van der Waals surface area contributed by atoms with E-state index in [-0.39, 0.29) is 33.7 Å². The number of hydrogen-bond donors (Lipinski definition) is 2. The summed E-state index contributed by atoms with van der Waals surface area (Å²) in [6.45, 7) is 16.3. The van der Waals surface area contributed by atoms with E-state index < -0.39 is 17.8 Å². The molecule has 5 rings (SSSR count). The van der Waals surface area contributed by atoms with Crippen LogP contribution in [0, 0.1) is 23.7 Å². The molecule has 3 saturated carbocycles. The van der Waals surface area contributed by atoms with Gasteiger partial charge in [-0.3, -0.25) is 9.59 Å². The highest BCUT2D eigenvalue weighted by molar-refractivity contribution is 6.35. The molecule has 0 saturated heterocycles. The topological polar surface area (TPSA) is 93.5 Å². The first-order valence-corrected chi connectivity index (χ1v) is 17.2. The molecular formula is C36H52ClN3O4. The molecule has 3 aliphatic rings. The zero-order valence-corrected chi connectivity index (χ0v) is 28.5. The minimum atomic E-state index is -0.822. The van der Waals surface area contributed by atoms with Gasteiger partial charge in [-0.05, 0) is 110 Å². The molecule has 0 aliphatic heterocycles. The van der Waals surface area contributed by atoms with E-state index in [4.69, 9.17) is 21.4 Å². The van der Waals surface area contributed by atoms with Crippen molar-refractivity contribution in [2.75, 3.05) is 0 Å². The molecule has 2 unspecified atom stereocenters. The van der Waals surface area contributed by atoms with Gasteiger partial charge in [0.1, 0.15) is 11.1 Å². The number of carboxylic acid groups (broad SMARTS) is 1. The number of aliphatic carboxylic acids is 1. The first-order valence-electron chi connectivity index (χ1n) is 16.8. The van der Waals surface area contributed by atoms with Crippen LogP contribution in [0.25, 0.3) is 5.69 Å². The second kappa shape index (κ2) is 12.7. The average molecular weight is 626 g/mol. The molecule has 7 nitrogen and oxygen atoms in total. The van der Waals surface area contributed by atoms with E-state index in [0.717, 1.165) is 50.6 Å². The molecule has 242 valence electrons. The van der Waals surface area contributed by atoms with Crippen molar-refractivity contribution in [2.24, 2.45) is 23.7 Å². The van der Waals surface area contributed by atoms with Crippen molar-refractivity contribution in [3.05, 3.63) is 40.0 Å². The minimum absolute atomic E-state index is 0.0222. The van der Waals surface area contributed by atoms with Crippen molar-refractivity contribution in [2.45, 2.75) is 136 Å². The van der Waals surface area contributed by atoms with E-state index in [1.807, 2.05) is 0 Å². The fraction of sp³-hybridized carbons (Fsp3) is 0.694. The van der Waals surface area contributed by atoms with Gasteiger partial charge >= 0.3 is 5.97 Å². The third-order valence-corrected chi connectivity index (χ3v) is 11.4. The van der Waals surface area contributed by atoms with Gasteiger partial charge in [0.2, 0.25) is 5.88 Å². The predicted molar refractivity (Wildman–Crippen MR) is 175 cm³/mol. The number of benzene rings is 1. The second-order valence-electron chi connectivity index (χ2n) is 15.4. The van der Waals surface area contributed by atoms with E-state index in [0.29, 0.717) is 36.5 Å². The first-order chi connectivity index (χ1) is 20.7. The Labute approximate surface area is 268 Å². The molecule has 3 aliphatic carbocycles. The molecule has 0 spiro atoms. The fourth-order valence-corrected chi connectivity index (χ4v) is 7.30. The highest BCUT2D eigenvalue weighted by Crippen LogP contribution is 2.50. The van der Waals surface area contributed by atoms with E-state index in [1.165, 1.54) is 17.5 Å². The largest absolute Gasteiger partial charge is 0.481 e. The Kier molecular flexibility index (Phi) is 9.47. The number of rotatable bonds is 12. The third kappa shape index (κ3) is 6.98. The van der Waals surface area contributed by atoms with Crippen molar-refractivity contribution < 1.29 is 19.4 Å². The number of carbonyl (C=O) groups is 2. The van der Waals surface area contributed by atoms with Crippen molar-refractivity contribution >= 4 is 23.5 Å². The van der Waals surface area contributed by atoms with Crippen LogP contribution in [0.2, 0.25) is 5.02 Å². The van der Waals surface area contributed by atoms with Gasteiger partial charge in [0.25, 0.3) is 5.91 Å². The monoisotopic (exact) mass is 625 g/mol. The van der Waals surface area contributed by atoms with Crippen LogP contribution in [0.5, 0.6) is 5.88 Å². The number of hydrogen-bond acceptors (Lipinski definition) is 4. The molecule has 2 atom stereocenters. The van der Waals surface area contributed by atoms with Crippen LogP contribution >= 0.6 is 11.6 Å². The molecule has 44 heavy (non-hydrogen) atoms. The van der Waals surface area contributed by atoms with Gasteiger partial charge in [-0.1, -0.05) is 72.6 Å². The number of halogens is 1. The summed E-state index contributed by atoms with van der Waals surface area (Å²) in [4.78, 5) is 24.7. The molecule has 0 bridgehead atoms. The van der Waals surface area contributed by atoms with Crippen molar-refractivity contribution in [1.29, 1.82) is 0 Å². The Morgan fingerprint density at radius 1 is 1.11 bits per heavy atom. The van der Waals surface area contributed by atoms with Gasteiger partial charge in [-0.2, -0.15) is 9.78 Å². The summed E-state index contributed by atoms with van der Waals surface area (Å²) in [5.74, 6) is 0.581. The fourth-order valence-electron chi connectivity index (χ4n) is 7.05. The van der Waals surface area contributed by atoms with E-state index >= 15 is 0 Å². The Morgan fingerprint density at radius 2 is 1.77 bits per heavy atom. The van der Waals surface area contributed by atoms with Gasteiger partial charge in [-0.15, -0.1) is 0 Å². The average Bonchev–Trinajstić information content (AvgIpc) is 3.63. The Balaban J connectivity index is 1.53. The number of carboxylic acids is 1. The van der Waals surface area contributed by atoms with Crippen molar-refractivity contribution in [1.82, 2.24) is 15.1 Å². The van der Waals surface area contributed by atoms with Crippen LogP contribution in [0.15, 0.2) is 18.2 Å². The molecule has 1 heterocycles. The number of ether oxygens (including phenoxy) is 1. The van der Waals surface area contributed by atoms with Crippen molar-refractivity contribution in [3.63, 3.8) is 0 Å². The highest BCUT2D eigenvalue weighted by atomic mass is 35.5. The maximum absolute atomic E-state index is 13.5. The van der Waals surface area contributed by atoms with Gasteiger partial charge in [0.05, 0.1) is 11.6 Å². The smallest absolute Gasteiger partial charge is 0.306 e. The normalized spacial score (nSPS) is 23.1. The molecule has 0 radical (unpaired) electrons. The van der Waals surface area contributed by atoms with Crippen LogP contribution in [0.1, 0.15) is 134 Å². The summed E-state index contributed by atoms with van der Waals surface area (Å²) in [7, 11) is 0. The van der Waals surface area contributed by atoms with E-state index in [2.05, 4.69) is 72.0 Å². The van der Waals surface area contributed by atoms with Crippen LogP contribution < -0.4 is 10.1 Å². The van der Waals surface area contributed by atoms with Gasteiger partial charge in [-0.25, -0.2) is 0 Å². The molecule has 2 N–H and O–H groups in total. The maximum atomic E-state index is 13.5. The third-order valence-electron chi connectivity index (χ3n) is 11.1. The lowest BCUT2D eigenvalue weighted by molar-refractivity contribution is -0.145. The number of carbonyl (C=O) groups excluding carboxylic acids is 1. The lowest BCUT2D eigenvalue weighted by Crippen LogP contribution is -2.46. The SMILES string of the molecule is CC(C)C(C)C(C)CC(C)(C)c1cc(-n2nc(C(=O)NC3CC(C(=O)O)C3)c(Cl)c2OC2CCCCC2)cc(C2(C)CC2)c1. The Hall–Kier alpha value is -2.54. The van der Waals surface area contributed by atoms with Gasteiger partial charge < -0.3 is 15.2 Å². The van der Waals surface area contributed by atoms with Crippen LogP contribution in [0.3, 0.4) is 0 Å². The summed E-state index contributed by atoms with van der Waals surface area (Å²) in [6.07, 6.45) is 9.52. The summed E-state index contributed by atoms with van der Waals surface area (Å²) in [6, 6.07) is 6.60. The first kappa shape index (κ1) is 32.8. The van der Waals surface area contributed by atoms with E-state index in [1.54, 1.807) is 4.68 Å². The van der Waals surface area contributed by atoms with Crippen LogP contribution in [-0.2, 0) is 15.6 Å². The Morgan fingerprint density at radius 3 is 2.36 bits per heavy atom. The molecule has 1 aromatic carbocycles. The molecular weight excluding hydrogens is 574 g/mol. The summed E-state index contributed by atoms with van der Waals surface area (Å²) < 4.78 is 8.35. The summed E-state index contributed by atoms with van der Waals surface area (Å²) in [5.41, 5.74) is 3.59. The highest BCUT2D eigenvalue weighted by Gasteiger charge is 2.41. The number of nitrogens with one attached hydrogen (secondary N) is 1. The summed E-state index contributed by atoms with van der Waals surface area (Å²) in [5, 5.41) is 17.3. The van der Waals surface area contributed by atoms with Crippen LogP contribution in [0.4, 0.5) is 0 Å². The van der Waals surface area contributed by atoms with Gasteiger partial charge in [0.15, 0.2) is 5.69 Å². The number of amides is 1. The number of aromatic nitrogens is 2. The molecule has 1 aromatic heterocycles. The maximum Gasteiger partial charge on any atom is 0.306 e. The molecule has 2 aromatic rings. The standard InChI is InChI=1S/C36H52ClN3O4/c1-21(2)23(4)22(3)20-35(5,6)25-17-26(36(7)13-14-36)19-28(18-25)40-33(44-29-11-9-8-10-12-29)30(37)31(39-40)32(41)38-27-15-24(16-27)34(42)43/h17-19,21-24,27,29H,8-16,20H2,1-7H3,(H,38,41)(H,42,43). The zero-order valence-electron chi connectivity index (χ0n) is 27.7. The molecule has 1 amide bonds. The van der Waals surface area contributed by atoms with Crippen LogP contribution in [-0.4, -0.2) is 38.9 Å². The number of nitrogens with zero attached hydrogens (tertiary/aromatic N) is 2. The van der Waals surface area contributed by atoms with E-state index in [9.17, 15) is 14.7 Å². The van der Waals surface area contributed by atoms with Gasteiger partial charge in [0, 0.05) is 6.04 Å². The zero-order chi connectivity index (χ0) is 32.0. The minimum Gasteiger partial charge on any atom is -0.481 e. The lowest BCUT2D eigenvalue weighted by Gasteiger charge is -2.34.